The fraction of sp³-hybridized carbons (Fsp3) is 0.235. The van der Waals surface area contributed by atoms with Crippen molar-refractivity contribution in [3.63, 3.8) is 0 Å². The van der Waals surface area contributed by atoms with E-state index in [9.17, 15) is 9.50 Å². The fourth-order valence-electron chi connectivity index (χ4n) is 2.25. The first-order valence-corrected chi connectivity index (χ1v) is 7.31. The normalized spacial score (nSPS) is 12.5. The van der Waals surface area contributed by atoms with Crippen molar-refractivity contribution in [1.29, 1.82) is 10.7 Å². The van der Waals surface area contributed by atoms with Gasteiger partial charge in [0.25, 0.3) is 0 Å². The maximum atomic E-state index is 13.4. The molecule has 2 aromatic rings. The third-order valence-corrected chi connectivity index (χ3v) is 3.25. The molecule has 0 fully saturated rings. The summed E-state index contributed by atoms with van der Waals surface area (Å²) in [6.07, 6.45) is 3.90. The molecule has 0 saturated heterocycles. The first-order valence-electron chi connectivity index (χ1n) is 7.31. The van der Waals surface area contributed by atoms with Crippen LogP contribution in [0, 0.1) is 22.6 Å². The Labute approximate surface area is 139 Å². The summed E-state index contributed by atoms with van der Waals surface area (Å²) in [6, 6.07) is 6.06. The zero-order valence-corrected chi connectivity index (χ0v) is 13.4. The first kappa shape index (κ1) is 17.4. The molecule has 24 heavy (non-hydrogen) atoms. The molecule has 1 unspecified atom stereocenters. The topological polar surface area (TPSA) is 97.7 Å². The molecule has 0 aliphatic rings. The Bertz CT molecular complexity index is 817. The standard InChI is InChI=1S/C17H18FN5O/c1-11(20)5-14(8-23-9-15(7-19)21-10-23)22-17-4-3-13(18)6-16(17)12(2)24/h3-6,9-10,12,20,22,24H,8H2,1-2H3/b14-5-,20-11?. The quantitative estimate of drug-likeness (QED) is 0.710. The van der Waals surface area contributed by atoms with Crippen LogP contribution in [0.2, 0.25) is 0 Å². The lowest BCUT2D eigenvalue weighted by molar-refractivity contribution is 0.199. The van der Waals surface area contributed by atoms with Crippen LogP contribution in [0.15, 0.2) is 42.5 Å². The van der Waals surface area contributed by atoms with E-state index < -0.39 is 11.9 Å². The number of nitriles is 1. The van der Waals surface area contributed by atoms with Crippen LogP contribution in [0.4, 0.5) is 10.1 Å². The number of rotatable bonds is 6. The van der Waals surface area contributed by atoms with Gasteiger partial charge in [0.05, 0.1) is 19.0 Å². The van der Waals surface area contributed by atoms with Crippen LogP contribution in [0.5, 0.6) is 0 Å². The van der Waals surface area contributed by atoms with Gasteiger partial charge < -0.3 is 20.4 Å². The van der Waals surface area contributed by atoms with Crippen molar-refractivity contribution in [3.8, 4) is 6.07 Å². The van der Waals surface area contributed by atoms with E-state index in [-0.39, 0.29) is 0 Å². The molecule has 0 spiro atoms. The van der Waals surface area contributed by atoms with Crippen molar-refractivity contribution >= 4 is 11.4 Å². The number of benzene rings is 1. The molecule has 1 heterocycles. The maximum Gasteiger partial charge on any atom is 0.158 e. The molecule has 0 radical (unpaired) electrons. The van der Waals surface area contributed by atoms with Gasteiger partial charge >= 0.3 is 0 Å². The van der Waals surface area contributed by atoms with Crippen LogP contribution in [0.25, 0.3) is 0 Å². The Morgan fingerprint density at radius 1 is 1.58 bits per heavy atom. The van der Waals surface area contributed by atoms with Gasteiger partial charge in [-0.1, -0.05) is 0 Å². The highest BCUT2D eigenvalue weighted by atomic mass is 19.1. The zero-order chi connectivity index (χ0) is 17.7. The van der Waals surface area contributed by atoms with Crippen molar-refractivity contribution in [2.45, 2.75) is 26.5 Å². The Kier molecular flexibility index (Phi) is 5.45. The number of hydrogen-bond donors (Lipinski definition) is 3. The number of imidazole rings is 1. The number of aromatic nitrogens is 2. The van der Waals surface area contributed by atoms with Gasteiger partial charge in [-0.05, 0) is 38.1 Å². The summed E-state index contributed by atoms with van der Waals surface area (Å²) in [5, 5.41) is 29.5. The molecule has 1 aromatic heterocycles. The van der Waals surface area contributed by atoms with Crippen LogP contribution in [-0.2, 0) is 6.54 Å². The third-order valence-electron chi connectivity index (χ3n) is 3.25. The molecule has 0 bridgehead atoms. The highest BCUT2D eigenvalue weighted by Gasteiger charge is 2.11. The molecule has 6 nitrogen and oxygen atoms in total. The van der Waals surface area contributed by atoms with Crippen LogP contribution < -0.4 is 5.32 Å². The van der Waals surface area contributed by atoms with Crippen molar-refractivity contribution in [1.82, 2.24) is 9.55 Å². The van der Waals surface area contributed by atoms with E-state index in [1.54, 1.807) is 36.8 Å². The smallest absolute Gasteiger partial charge is 0.158 e. The van der Waals surface area contributed by atoms with Gasteiger partial charge in [0.15, 0.2) is 5.69 Å². The predicted octanol–water partition coefficient (Wildman–Crippen LogP) is 2.98. The first-order chi connectivity index (χ1) is 11.4. The summed E-state index contributed by atoms with van der Waals surface area (Å²) in [5.41, 5.74) is 2.26. The molecule has 3 N–H and O–H groups in total. The predicted molar refractivity (Wildman–Crippen MR) is 89.1 cm³/mol. The monoisotopic (exact) mass is 327 g/mol. The number of nitrogens with one attached hydrogen (secondary N) is 2. The number of aliphatic hydroxyl groups is 1. The van der Waals surface area contributed by atoms with E-state index in [1.807, 2.05) is 6.07 Å². The van der Waals surface area contributed by atoms with Crippen molar-refractivity contribution in [3.05, 3.63) is 59.6 Å². The second kappa shape index (κ2) is 7.53. The average Bonchev–Trinajstić information content (AvgIpc) is 2.95. The third kappa shape index (κ3) is 4.51. The fourth-order valence-corrected chi connectivity index (χ4v) is 2.25. The number of halogens is 1. The van der Waals surface area contributed by atoms with Crippen molar-refractivity contribution in [2.24, 2.45) is 0 Å². The van der Waals surface area contributed by atoms with Gasteiger partial charge in [-0.3, -0.25) is 0 Å². The molecule has 0 aliphatic carbocycles. The minimum absolute atomic E-state index is 0.298. The van der Waals surface area contributed by atoms with Gasteiger partial charge in [-0.15, -0.1) is 0 Å². The molecule has 0 aliphatic heterocycles. The van der Waals surface area contributed by atoms with Crippen molar-refractivity contribution in [2.75, 3.05) is 5.32 Å². The summed E-state index contributed by atoms with van der Waals surface area (Å²) in [6.45, 7) is 3.54. The van der Waals surface area contributed by atoms with Crippen LogP contribution in [0.1, 0.15) is 31.2 Å². The number of anilines is 1. The molecule has 1 aromatic carbocycles. The summed E-state index contributed by atoms with van der Waals surface area (Å²) >= 11 is 0. The van der Waals surface area contributed by atoms with Crippen LogP contribution in [0.3, 0.4) is 0 Å². The van der Waals surface area contributed by atoms with Crippen LogP contribution >= 0.6 is 0 Å². The number of allylic oxidation sites excluding steroid dienone is 2. The van der Waals surface area contributed by atoms with E-state index in [0.717, 1.165) is 0 Å². The second-order valence-electron chi connectivity index (χ2n) is 5.43. The van der Waals surface area contributed by atoms with Crippen LogP contribution in [-0.4, -0.2) is 20.4 Å². The van der Waals surface area contributed by atoms with Gasteiger partial charge in [-0.25, -0.2) is 9.37 Å². The van der Waals surface area contributed by atoms with Gasteiger partial charge in [0.1, 0.15) is 11.9 Å². The van der Waals surface area contributed by atoms with Gasteiger partial charge in [0.2, 0.25) is 0 Å². The minimum Gasteiger partial charge on any atom is -0.389 e. The Hall–Kier alpha value is -2.98. The van der Waals surface area contributed by atoms with E-state index in [0.29, 0.717) is 34.9 Å². The van der Waals surface area contributed by atoms with Gasteiger partial charge in [-0.2, -0.15) is 5.26 Å². The van der Waals surface area contributed by atoms with Gasteiger partial charge in [0, 0.05) is 28.9 Å². The molecule has 1 atom stereocenters. The molecule has 0 amide bonds. The molecule has 2 rings (SSSR count). The lowest BCUT2D eigenvalue weighted by atomic mass is 10.1. The Morgan fingerprint density at radius 2 is 2.33 bits per heavy atom. The molecular weight excluding hydrogens is 309 g/mol. The largest absolute Gasteiger partial charge is 0.389 e. The summed E-state index contributed by atoms with van der Waals surface area (Å²) < 4.78 is 15.1. The number of aliphatic hydroxyl groups excluding tert-OH is 1. The zero-order valence-electron chi connectivity index (χ0n) is 13.4. The summed E-state index contributed by atoms with van der Waals surface area (Å²) in [4.78, 5) is 3.93. The summed E-state index contributed by atoms with van der Waals surface area (Å²) in [5.74, 6) is -0.432. The SMILES string of the molecule is CC(=N)/C=C(/Cn1cnc(C#N)c1)Nc1ccc(F)cc1C(C)O. The lowest BCUT2D eigenvalue weighted by Gasteiger charge is -2.17. The number of hydrogen-bond acceptors (Lipinski definition) is 5. The highest BCUT2D eigenvalue weighted by Crippen LogP contribution is 2.25. The molecular formula is C17H18FN5O. The highest BCUT2D eigenvalue weighted by molar-refractivity contribution is 5.91. The van der Waals surface area contributed by atoms with E-state index in [1.165, 1.54) is 18.5 Å². The molecule has 0 saturated carbocycles. The number of nitrogens with zero attached hydrogens (tertiary/aromatic N) is 3. The minimum atomic E-state index is -0.844. The van der Waals surface area contributed by atoms with E-state index >= 15 is 0 Å². The maximum absolute atomic E-state index is 13.4. The molecule has 7 heteroatoms. The Morgan fingerprint density at radius 3 is 2.92 bits per heavy atom. The second-order valence-corrected chi connectivity index (χ2v) is 5.43. The lowest BCUT2D eigenvalue weighted by Crippen LogP contribution is -2.11. The molecule has 124 valence electrons. The van der Waals surface area contributed by atoms with E-state index in [4.69, 9.17) is 10.7 Å². The van der Waals surface area contributed by atoms with Crippen molar-refractivity contribution < 1.29 is 9.50 Å². The Balaban J connectivity index is 2.30. The summed E-state index contributed by atoms with van der Waals surface area (Å²) in [7, 11) is 0. The average molecular weight is 327 g/mol. The van der Waals surface area contributed by atoms with E-state index in [2.05, 4.69) is 10.3 Å².